The normalized spacial score (nSPS) is 21.6. The van der Waals surface area contributed by atoms with Crippen LogP contribution in [-0.2, 0) is 6.54 Å². The van der Waals surface area contributed by atoms with E-state index in [-0.39, 0.29) is 5.75 Å². The predicted octanol–water partition coefficient (Wildman–Crippen LogP) is 2.18. The Morgan fingerprint density at radius 3 is 2.76 bits per heavy atom. The van der Waals surface area contributed by atoms with Crippen LogP contribution in [0.1, 0.15) is 33.3 Å². The summed E-state index contributed by atoms with van der Waals surface area (Å²) in [5.74, 6) is 1.98. The first-order chi connectivity index (χ1) is 12.0. The van der Waals surface area contributed by atoms with Gasteiger partial charge in [0.15, 0.2) is 17.5 Å². The van der Waals surface area contributed by atoms with Crippen molar-refractivity contribution in [3.8, 4) is 11.5 Å². The van der Waals surface area contributed by atoms with E-state index >= 15 is 0 Å². The maximum Gasteiger partial charge on any atom is 0.191 e. The molecule has 0 spiro atoms. The van der Waals surface area contributed by atoms with Crippen molar-refractivity contribution in [1.82, 2.24) is 15.5 Å². The molecule has 2 unspecified atom stereocenters. The second-order valence-electron chi connectivity index (χ2n) is 6.94. The lowest BCUT2D eigenvalue weighted by atomic mass is 10.1. The van der Waals surface area contributed by atoms with Crippen LogP contribution >= 0.6 is 0 Å². The number of nitrogens with zero attached hydrogens (tertiary/aromatic N) is 2. The Morgan fingerprint density at radius 2 is 2.16 bits per heavy atom. The Morgan fingerprint density at radius 1 is 1.40 bits per heavy atom. The van der Waals surface area contributed by atoms with Crippen LogP contribution in [0.5, 0.6) is 11.5 Å². The number of aromatic hydroxyl groups is 1. The first-order valence-corrected chi connectivity index (χ1v) is 9.10. The van der Waals surface area contributed by atoms with Crippen molar-refractivity contribution in [3.05, 3.63) is 23.8 Å². The summed E-state index contributed by atoms with van der Waals surface area (Å²) in [4.78, 5) is 7.13. The molecule has 1 heterocycles. The number of rotatable bonds is 6. The van der Waals surface area contributed by atoms with Crippen LogP contribution < -0.4 is 15.4 Å². The highest BCUT2D eigenvalue weighted by Crippen LogP contribution is 2.29. The highest BCUT2D eigenvalue weighted by atomic mass is 16.5. The summed E-state index contributed by atoms with van der Waals surface area (Å²) in [5.41, 5.74) is 0.750. The van der Waals surface area contributed by atoms with Crippen molar-refractivity contribution < 1.29 is 9.84 Å². The second kappa shape index (κ2) is 8.94. The molecule has 1 aliphatic rings. The van der Waals surface area contributed by atoms with E-state index in [1.807, 2.05) is 12.1 Å². The van der Waals surface area contributed by atoms with Gasteiger partial charge in [-0.05, 0) is 32.8 Å². The van der Waals surface area contributed by atoms with Gasteiger partial charge in [0.2, 0.25) is 0 Å². The Labute approximate surface area is 151 Å². The van der Waals surface area contributed by atoms with Crippen LogP contribution in [0.15, 0.2) is 23.2 Å². The predicted molar refractivity (Wildman–Crippen MR) is 102 cm³/mol. The molecule has 3 N–H and O–H groups in total. The lowest BCUT2D eigenvalue weighted by molar-refractivity contribution is 0.265. The fourth-order valence-corrected chi connectivity index (χ4v) is 3.13. The number of phenols is 1. The topological polar surface area (TPSA) is 69.1 Å². The molecular formula is C19H32N4O2. The van der Waals surface area contributed by atoms with Gasteiger partial charge in [-0.3, -0.25) is 4.90 Å². The summed E-state index contributed by atoms with van der Waals surface area (Å²) in [6.07, 6.45) is 0. The molecule has 2 rings (SSSR count). The molecule has 0 aliphatic carbocycles. The van der Waals surface area contributed by atoms with Crippen molar-refractivity contribution in [2.75, 3.05) is 26.7 Å². The molecule has 140 valence electrons. The van der Waals surface area contributed by atoms with E-state index in [1.54, 1.807) is 13.2 Å². The highest BCUT2D eigenvalue weighted by Gasteiger charge is 2.31. The maximum atomic E-state index is 10.2. The summed E-state index contributed by atoms with van der Waals surface area (Å²) in [7, 11) is 1.55. The Bertz CT molecular complexity index is 589. The monoisotopic (exact) mass is 348 g/mol. The van der Waals surface area contributed by atoms with Crippen LogP contribution in [0.4, 0.5) is 0 Å². The smallest absolute Gasteiger partial charge is 0.191 e. The van der Waals surface area contributed by atoms with Gasteiger partial charge >= 0.3 is 0 Å². The number of phenolic OH excluding ortho intramolecular Hbond substituents is 1. The van der Waals surface area contributed by atoms with Gasteiger partial charge < -0.3 is 20.5 Å². The third-order valence-corrected chi connectivity index (χ3v) is 4.75. The SMILES string of the molecule is CCNC(=NCc1cccc(OC)c1O)NC1CN(C(C)C)CC1C. The van der Waals surface area contributed by atoms with Gasteiger partial charge in [-0.2, -0.15) is 0 Å². The fraction of sp³-hybridized carbons (Fsp3) is 0.632. The van der Waals surface area contributed by atoms with Crippen LogP contribution in [0, 0.1) is 5.92 Å². The minimum atomic E-state index is 0.157. The van der Waals surface area contributed by atoms with E-state index in [2.05, 4.69) is 48.2 Å². The number of nitrogens with one attached hydrogen (secondary N) is 2. The van der Waals surface area contributed by atoms with Crippen molar-refractivity contribution in [1.29, 1.82) is 0 Å². The number of hydrogen-bond donors (Lipinski definition) is 3. The van der Waals surface area contributed by atoms with Crippen molar-refractivity contribution >= 4 is 5.96 Å². The second-order valence-corrected chi connectivity index (χ2v) is 6.94. The zero-order valence-electron chi connectivity index (χ0n) is 16.0. The molecule has 1 fully saturated rings. The van der Waals surface area contributed by atoms with Crippen molar-refractivity contribution in [2.24, 2.45) is 10.9 Å². The number of benzene rings is 1. The lowest BCUT2D eigenvalue weighted by Gasteiger charge is -2.22. The summed E-state index contributed by atoms with van der Waals surface area (Å²) in [6, 6.07) is 6.40. The van der Waals surface area contributed by atoms with E-state index in [9.17, 15) is 5.11 Å². The first-order valence-electron chi connectivity index (χ1n) is 9.10. The fourth-order valence-electron chi connectivity index (χ4n) is 3.13. The number of guanidine groups is 1. The molecule has 1 saturated heterocycles. The Hall–Kier alpha value is -1.95. The number of aliphatic imine (C=N–C) groups is 1. The summed E-state index contributed by atoms with van der Waals surface area (Å²) in [5, 5.41) is 17.1. The number of methoxy groups -OCH3 is 1. The highest BCUT2D eigenvalue weighted by molar-refractivity contribution is 5.80. The zero-order chi connectivity index (χ0) is 18.4. The standard InChI is InChI=1S/C19H32N4O2/c1-6-20-19(22-16-12-23(13(2)3)11-14(16)4)21-10-15-8-7-9-17(25-5)18(15)24/h7-9,13-14,16,24H,6,10-12H2,1-5H3,(H2,20,21,22). The van der Waals surface area contributed by atoms with Gasteiger partial charge in [0.25, 0.3) is 0 Å². The van der Waals surface area contributed by atoms with Crippen LogP contribution in [0.25, 0.3) is 0 Å². The number of hydrogen-bond acceptors (Lipinski definition) is 4. The quantitative estimate of drug-likeness (QED) is 0.543. The average Bonchev–Trinajstić information content (AvgIpc) is 2.95. The Balaban J connectivity index is 2.06. The molecule has 25 heavy (non-hydrogen) atoms. The van der Waals surface area contributed by atoms with Gasteiger partial charge in [0.1, 0.15) is 0 Å². The molecular weight excluding hydrogens is 316 g/mol. The summed E-state index contributed by atoms with van der Waals surface area (Å²) < 4.78 is 5.16. The molecule has 1 aromatic rings. The summed E-state index contributed by atoms with van der Waals surface area (Å²) >= 11 is 0. The first kappa shape index (κ1) is 19.4. The molecule has 2 atom stereocenters. The zero-order valence-corrected chi connectivity index (χ0v) is 16.0. The molecule has 0 amide bonds. The molecule has 1 aromatic carbocycles. The van der Waals surface area contributed by atoms with Crippen molar-refractivity contribution in [2.45, 2.75) is 46.3 Å². The van der Waals surface area contributed by atoms with Gasteiger partial charge in [-0.15, -0.1) is 0 Å². The van der Waals surface area contributed by atoms with Crippen LogP contribution in [0.2, 0.25) is 0 Å². The minimum absolute atomic E-state index is 0.157. The molecule has 0 aromatic heterocycles. The maximum absolute atomic E-state index is 10.2. The number of likely N-dealkylation sites (tertiary alicyclic amines) is 1. The molecule has 6 nitrogen and oxygen atoms in total. The lowest BCUT2D eigenvalue weighted by Crippen LogP contribution is -2.46. The largest absolute Gasteiger partial charge is 0.504 e. The van der Waals surface area contributed by atoms with E-state index in [1.165, 1.54) is 0 Å². The Kier molecular flexibility index (Phi) is 6.93. The summed E-state index contributed by atoms with van der Waals surface area (Å²) in [6.45, 7) is 12.1. The van der Waals surface area contributed by atoms with Crippen LogP contribution in [0.3, 0.4) is 0 Å². The number of para-hydroxylation sites is 1. The molecule has 0 bridgehead atoms. The van der Waals surface area contributed by atoms with E-state index in [0.29, 0.717) is 30.3 Å². The van der Waals surface area contributed by atoms with Gasteiger partial charge in [-0.25, -0.2) is 4.99 Å². The van der Waals surface area contributed by atoms with E-state index < -0.39 is 0 Å². The molecule has 0 saturated carbocycles. The average molecular weight is 348 g/mol. The third-order valence-electron chi connectivity index (χ3n) is 4.75. The molecule has 0 radical (unpaired) electrons. The van der Waals surface area contributed by atoms with Gasteiger partial charge in [0.05, 0.1) is 13.7 Å². The minimum Gasteiger partial charge on any atom is -0.504 e. The van der Waals surface area contributed by atoms with Gasteiger partial charge in [-0.1, -0.05) is 19.1 Å². The molecule has 1 aliphatic heterocycles. The van der Waals surface area contributed by atoms with E-state index in [4.69, 9.17) is 4.74 Å². The number of ether oxygens (including phenoxy) is 1. The molecule has 6 heteroatoms. The van der Waals surface area contributed by atoms with Gasteiger partial charge in [0, 0.05) is 37.3 Å². The van der Waals surface area contributed by atoms with E-state index in [0.717, 1.165) is 31.2 Å². The van der Waals surface area contributed by atoms with Crippen molar-refractivity contribution in [3.63, 3.8) is 0 Å². The van der Waals surface area contributed by atoms with Crippen LogP contribution in [-0.4, -0.2) is 54.8 Å². The third kappa shape index (κ3) is 5.01.